The third-order valence-electron chi connectivity index (χ3n) is 15.6. The van der Waals surface area contributed by atoms with Crippen LogP contribution >= 0.6 is 15.6 Å². The molecule has 0 aliphatic carbocycles. The molecule has 0 aromatic heterocycles. The average Bonchev–Trinajstić information content (AvgIpc) is 3.61. The normalized spacial score (nSPS) is 14.6. The molecule has 6 atom stereocenters. The SMILES string of the molecule is CCCCCCCCCCCCCCCCCC(=O)O[C@H](COC(=O)CCCCCCCCCCCCC)COP(=O)(O)OC[C@@H](O)COP(=O)(O)OC[C@@H](COC(=O)CCCCCCCCC(C)C)OC(=O)CCCCCCCCC(C)CC. The van der Waals surface area contributed by atoms with Crippen LogP contribution in [0.1, 0.15) is 330 Å². The van der Waals surface area contributed by atoms with E-state index in [9.17, 15) is 43.2 Å². The van der Waals surface area contributed by atoms with Crippen molar-refractivity contribution in [3.63, 3.8) is 0 Å². The molecule has 3 unspecified atom stereocenters. The Hall–Kier alpha value is -1.94. The lowest BCUT2D eigenvalue weighted by atomic mass is 10.00. The second kappa shape index (κ2) is 58.4. The van der Waals surface area contributed by atoms with Gasteiger partial charge < -0.3 is 33.8 Å². The molecule has 17 nitrogen and oxygen atoms in total. The van der Waals surface area contributed by atoms with Crippen LogP contribution in [0.4, 0.5) is 0 Å². The smallest absolute Gasteiger partial charge is 0.462 e. The standard InChI is InChI=1S/C66H128O17P2/c1-7-10-12-14-16-18-20-21-22-23-25-27-29-38-44-50-65(70)82-61(54-76-63(68)48-42-36-28-26-24-19-17-15-13-11-8-2)56-80-84(72,73)78-52-60(67)53-79-85(74,75)81-57-62(55-77-64(69)49-43-37-32-30-34-40-46-58(4)5)83-66(71)51-45-39-33-31-35-41-47-59(6)9-3/h58-62,67H,7-57H2,1-6H3,(H,72,73)(H,74,75)/t59?,60-,61-,62-/m1/s1. The summed E-state index contributed by atoms with van der Waals surface area (Å²) in [7, 11) is -9.89. The Bertz CT molecular complexity index is 1670. The molecule has 0 radical (unpaired) electrons. The highest BCUT2D eigenvalue weighted by Gasteiger charge is 2.30. The summed E-state index contributed by atoms with van der Waals surface area (Å²) in [5.41, 5.74) is 0. The minimum atomic E-state index is -4.95. The molecule has 0 aliphatic heterocycles. The molecule has 0 saturated carbocycles. The molecule has 3 N–H and O–H groups in total. The number of aliphatic hydroxyl groups is 1. The lowest BCUT2D eigenvalue weighted by Crippen LogP contribution is -2.30. The number of carbonyl (C=O) groups is 4. The van der Waals surface area contributed by atoms with Gasteiger partial charge in [-0.2, -0.15) is 0 Å². The maximum Gasteiger partial charge on any atom is 0.472 e. The number of rotatable bonds is 65. The van der Waals surface area contributed by atoms with Gasteiger partial charge in [0.1, 0.15) is 19.3 Å². The molecule has 0 heterocycles. The molecule has 504 valence electrons. The van der Waals surface area contributed by atoms with Crippen LogP contribution in [0.2, 0.25) is 0 Å². The van der Waals surface area contributed by atoms with Crippen LogP contribution in [-0.4, -0.2) is 96.7 Å². The maximum atomic E-state index is 13.0. The molecule has 85 heavy (non-hydrogen) atoms. The van der Waals surface area contributed by atoms with Gasteiger partial charge in [0.2, 0.25) is 0 Å². The van der Waals surface area contributed by atoms with E-state index in [-0.39, 0.29) is 25.7 Å². The van der Waals surface area contributed by atoms with Gasteiger partial charge in [0.05, 0.1) is 26.4 Å². The Kier molecular flexibility index (Phi) is 57.1. The second-order valence-electron chi connectivity index (χ2n) is 24.6. The highest BCUT2D eigenvalue weighted by atomic mass is 31.2. The predicted octanol–water partition coefficient (Wildman–Crippen LogP) is 18.4. The number of unbranched alkanes of at least 4 members (excludes halogenated alkanes) is 34. The van der Waals surface area contributed by atoms with Gasteiger partial charge in [-0.05, 0) is 37.5 Å². The number of phosphoric ester groups is 2. The molecular weight excluding hydrogens is 1130 g/mol. The molecule has 0 aliphatic rings. The van der Waals surface area contributed by atoms with Crippen LogP contribution < -0.4 is 0 Å². The van der Waals surface area contributed by atoms with Crippen molar-refractivity contribution in [3.8, 4) is 0 Å². The van der Waals surface area contributed by atoms with Gasteiger partial charge in [-0.3, -0.25) is 37.3 Å². The summed E-state index contributed by atoms with van der Waals surface area (Å²) < 4.78 is 68.1. The second-order valence-corrected chi connectivity index (χ2v) is 27.5. The number of hydrogen-bond donors (Lipinski definition) is 3. The number of hydrogen-bond acceptors (Lipinski definition) is 15. The zero-order valence-corrected chi connectivity index (χ0v) is 56.7. The van der Waals surface area contributed by atoms with E-state index in [1.807, 2.05) is 0 Å². The van der Waals surface area contributed by atoms with E-state index in [1.165, 1.54) is 141 Å². The highest BCUT2D eigenvalue weighted by Crippen LogP contribution is 2.45. The zero-order valence-electron chi connectivity index (χ0n) is 54.9. The number of esters is 4. The zero-order chi connectivity index (χ0) is 62.9. The summed E-state index contributed by atoms with van der Waals surface area (Å²) in [6.07, 6.45) is 41.8. The third-order valence-corrected chi connectivity index (χ3v) is 17.5. The first-order valence-electron chi connectivity index (χ1n) is 34.5. The van der Waals surface area contributed by atoms with Crippen molar-refractivity contribution in [1.82, 2.24) is 0 Å². The first-order valence-corrected chi connectivity index (χ1v) is 37.5. The molecular formula is C66H128O17P2. The van der Waals surface area contributed by atoms with Crippen molar-refractivity contribution in [2.45, 2.75) is 349 Å². The Morgan fingerprint density at radius 1 is 0.341 bits per heavy atom. The average molecular weight is 1260 g/mol. The minimum absolute atomic E-state index is 0.102. The van der Waals surface area contributed by atoms with Crippen molar-refractivity contribution in [1.29, 1.82) is 0 Å². The van der Waals surface area contributed by atoms with E-state index in [0.29, 0.717) is 31.6 Å². The van der Waals surface area contributed by atoms with Gasteiger partial charge in [0.25, 0.3) is 0 Å². The summed E-state index contributed by atoms with van der Waals surface area (Å²) in [4.78, 5) is 72.3. The van der Waals surface area contributed by atoms with Crippen LogP contribution in [0.25, 0.3) is 0 Å². The van der Waals surface area contributed by atoms with E-state index in [2.05, 4.69) is 41.5 Å². The van der Waals surface area contributed by atoms with E-state index < -0.39 is 97.5 Å². The molecule has 0 fully saturated rings. The Morgan fingerprint density at radius 2 is 0.600 bits per heavy atom. The number of aliphatic hydroxyl groups excluding tert-OH is 1. The summed E-state index contributed by atoms with van der Waals surface area (Å²) in [5.74, 6) is -0.734. The van der Waals surface area contributed by atoms with Crippen LogP contribution in [0.3, 0.4) is 0 Å². The van der Waals surface area contributed by atoms with Crippen molar-refractivity contribution in [2.75, 3.05) is 39.6 Å². The maximum absolute atomic E-state index is 13.0. The fraction of sp³-hybridized carbons (Fsp3) is 0.939. The lowest BCUT2D eigenvalue weighted by Gasteiger charge is -2.21. The molecule has 19 heteroatoms. The highest BCUT2D eigenvalue weighted by molar-refractivity contribution is 7.47. The van der Waals surface area contributed by atoms with E-state index in [0.717, 1.165) is 102 Å². The van der Waals surface area contributed by atoms with Gasteiger partial charge in [-0.25, -0.2) is 9.13 Å². The minimum Gasteiger partial charge on any atom is -0.462 e. The molecule has 0 bridgehead atoms. The van der Waals surface area contributed by atoms with E-state index >= 15 is 0 Å². The van der Waals surface area contributed by atoms with Gasteiger partial charge in [0, 0.05) is 25.7 Å². The number of carbonyl (C=O) groups excluding carboxylic acids is 4. The van der Waals surface area contributed by atoms with Crippen molar-refractivity contribution in [3.05, 3.63) is 0 Å². The molecule has 0 amide bonds. The monoisotopic (exact) mass is 1250 g/mol. The number of ether oxygens (including phenoxy) is 4. The summed E-state index contributed by atoms with van der Waals surface area (Å²) in [6.45, 7) is 9.38. The van der Waals surface area contributed by atoms with Crippen LogP contribution in [-0.2, 0) is 65.4 Å². The molecule has 0 aromatic rings. The third kappa shape index (κ3) is 59.5. The largest absolute Gasteiger partial charge is 0.472 e. The van der Waals surface area contributed by atoms with Gasteiger partial charge in [-0.15, -0.1) is 0 Å². The van der Waals surface area contributed by atoms with Gasteiger partial charge >= 0.3 is 39.5 Å². The predicted molar refractivity (Wildman–Crippen MR) is 340 cm³/mol. The molecule has 0 spiro atoms. The lowest BCUT2D eigenvalue weighted by molar-refractivity contribution is -0.161. The van der Waals surface area contributed by atoms with Crippen LogP contribution in [0.5, 0.6) is 0 Å². The van der Waals surface area contributed by atoms with E-state index in [4.69, 9.17) is 37.0 Å². The molecule has 0 rings (SSSR count). The first-order chi connectivity index (χ1) is 40.9. The Morgan fingerprint density at radius 3 is 0.894 bits per heavy atom. The summed E-state index contributed by atoms with van der Waals surface area (Å²) >= 11 is 0. The first kappa shape index (κ1) is 83.1. The fourth-order valence-electron chi connectivity index (χ4n) is 9.85. The quantitative estimate of drug-likeness (QED) is 0.0222. The molecule has 0 saturated heterocycles. The van der Waals surface area contributed by atoms with Crippen LogP contribution in [0, 0.1) is 11.8 Å². The Labute approximate surface area is 517 Å². The van der Waals surface area contributed by atoms with Crippen molar-refractivity contribution < 1.29 is 80.2 Å². The van der Waals surface area contributed by atoms with Gasteiger partial charge in [-0.1, -0.05) is 279 Å². The molecule has 0 aromatic carbocycles. The summed E-state index contributed by atoms with van der Waals surface area (Å²) in [5, 5.41) is 10.5. The van der Waals surface area contributed by atoms with Crippen molar-refractivity contribution in [2.24, 2.45) is 11.8 Å². The topological polar surface area (TPSA) is 237 Å². The van der Waals surface area contributed by atoms with Crippen molar-refractivity contribution >= 4 is 39.5 Å². The Balaban J connectivity index is 5.23. The van der Waals surface area contributed by atoms with Crippen LogP contribution in [0.15, 0.2) is 0 Å². The number of phosphoric acid groups is 2. The fourth-order valence-corrected chi connectivity index (χ4v) is 11.4. The van der Waals surface area contributed by atoms with Gasteiger partial charge in [0.15, 0.2) is 12.2 Å². The summed E-state index contributed by atoms with van der Waals surface area (Å²) in [6, 6.07) is 0. The van der Waals surface area contributed by atoms with E-state index in [1.54, 1.807) is 0 Å².